The molecule has 6 nitrogen and oxygen atoms in total. The minimum Gasteiger partial charge on any atom is -0.493 e. The van der Waals surface area contributed by atoms with Gasteiger partial charge >= 0.3 is 6.03 Å². The average Bonchev–Trinajstić information content (AvgIpc) is 2.67. The van der Waals surface area contributed by atoms with Gasteiger partial charge in [-0.3, -0.25) is 14.9 Å². The van der Waals surface area contributed by atoms with E-state index in [4.69, 9.17) is 4.74 Å². The van der Waals surface area contributed by atoms with Crippen molar-refractivity contribution in [3.8, 4) is 5.75 Å². The van der Waals surface area contributed by atoms with E-state index in [1.54, 1.807) is 30.3 Å². The van der Waals surface area contributed by atoms with Gasteiger partial charge in [-0.15, -0.1) is 0 Å². The molecule has 0 unspecified atom stereocenters. The first-order chi connectivity index (χ1) is 13.4. The van der Waals surface area contributed by atoms with E-state index in [1.807, 2.05) is 32.9 Å². The van der Waals surface area contributed by atoms with Crippen molar-refractivity contribution in [1.82, 2.24) is 5.32 Å². The van der Waals surface area contributed by atoms with Gasteiger partial charge < -0.3 is 4.74 Å². The van der Waals surface area contributed by atoms with Crippen LogP contribution in [0, 0.1) is 13.8 Å². The van der Waals surface area contributed by atoms with E-state index in [0.717, 1.165) is 22.4 Å². The normalized spacial score (nSPS) is 15.8. The van der Waals surface area contributed by atoms with E-state index < -0.39 is 17.8 Å². The standard InChI is InChI=1S/C22H22N2O4/c1-4-11-28-19-8-6-5-7-16(19)13-18-20(25)23-22(27)24(21(18)26)17-10-9-14(2)15(3)12-17/h5-10,12-13H,4,11H2,1-3H3,(H,23,25,27)/b18-13+. The lowest BCUT2D eigenvalue weighted by molar-refractivity contribution is -0.122. The monoisotopic (exact) mass is 378 g/mol. The van der Waals surface area contributed by atoms with E-state index >= 15 is 0 Å². The predicted octanol–water partition coefficient (Wildman–Crippen LogP) is 3.76. The molecule has 1 aliphatic rings. The third-order valence-corrected chi connectivity index (χ3v) is 4.53. The number of imide groups is 2. The van der Waals surface area contributed by atoms with E-state index in [0.29, 0.717) is 23.6 Å². The number of amides is 4. The molecular weight excluding hydrogens is 356 g/mol. The summed E-state index contributed by atoms with van der Waals surface area (Å²) in [5, 5.41) is 2.24. The average molecular weight is 378 g/mol. The van der Waals surface area contributed by atoms with Crippen LogP contribution in [0.5, 0.6) is 5.75 Å². The molecule has 0 atom stereocenters. The highest BCUT2D eigenvalue weighted by Crippen LogP contribution is 2.26. The maximum atomic E-state index is 13.0. The van der Waals surface area contributed by atoms with Crippen LogP contribution >= 0.6 is 0 Å². The molecule has 3 rings (SSSR count). The molecule has 1 N–H and O–H groups in total. The Hall–Kier alpha value is -3.41. The maximum absolute atomic E-state index is 13.0. The molecule has 0 bridgehead atoms. The summed E-state index contributed by atoms with van der Waals surface area (Å²) in [6, 6.07) is 11.7. The number of urea groups is 1. The van der Waals surface area contributed by atoms with Gasteiger partial charge in [0.1, 0.15) is 11.3 Å². The molecule has 0 spiro atoms. The van der Waals surface area contributed by atoms with Gasteiger partial charge in [-0.25, -0.2) is 9.69 Å². The Bertz CT molecular complexity index is 978. The Morgan fingerprint density at radius 1 is 1.04 bits per heavy atom. The van der Waals surface area contributed by atoms with Gasteiger partial charge in [0.05, 0.1) is 12.3 Å². The molecule has 1 heterocycles. The van der Waals surface area contributed by atoms with Gasteiger partial charge in [0.2, 0.25) is 0 Å². The van der Waals surface area contributed by atoms with Gasteiger partial charge in [0, 0.05) is 5.56 Å². The molecule has 0 aliphatic carbocycles. The molecule has 4 amide bonds. The highest BCUT2D eigenvalue weighted by molar-refractivity contribution is 6.39. The second-order valence-corrected chi connectivity index (χ2v) is 6.61. The van der Waals surface area contributed by atoms with Crippen molar-refractivity contribution in [2.75, 3.05) is 11.5 Å². The highest BCUT2D eigenvalue weighted by Gasteiger charge is 2.37. The van der Waals surface area contributed by atoms with Crippen LogP contribution in [0.3, 0.4) is 0 Å². The maximum Gasteiger partial charge on any atom is 0.335 e. The number of hydrogen-bond donors (Lipinski definition) is 1. The summed E-state index contributed by atoms with van der Waals surface area (Å²) in [5.74, 6) is -0.810. The minimum atomic E-state index is -0.758. The van der Waals surface area contributed by atoms with Gasteiger partial charge in [-0.2, -0.15) is 0 Å². The Kier molecular flexibility index (Phi) is 5.59. The van der Waals surface area contributed by atoms with Crippen molar-refractivity contribution in [3.63, 3.8) is 0 Å². The van der Waals surface area contributed by atoms with Crippen molar-refractivity contribution in [3.05, 3.63) is 64.7 Å². The van der Waals surface area contributed by atoms with Crippen LogP contribution < -0.4 is 15.0 Å². The zero-order valence-electron chi connectivity index (χ0n) is 16.1. The third kappa shape index (κ3) is 3.81. The van der Waals surface area contributed by atoms with Crippen molar-refractivity contribution in [1.29, 1.82) is 0 Å². The van der Waals surface area contributed by atoms with Crippen LogP contribution in [0.25, 0.3) is 6.08 Å². The Balaban J connectivity index is 2.01. The number of rotatable bonds is 5. The van der Waals surface area contributed by atoms with E-state index in [-0.39, 0.29) is 5.57 Å². The number of nitrogens with one attached hydrogen (secondary N) is 1. The van der Waals surface area contributed by atoms with Crippen LogP contribution in [0.1, 0.15) is 30.0 Å². The molecule has 0 aromatic heterocycles. The molecule has 28 heavy (non-hydrogen) atoms. The van der Waals surface area contributed by atoms with Gasteiger partial charge in [0.15, 0.2) is 0 Å². The van der Waals surface area contributed by atoms with Gasteiger partial charge in [-0.05, 0) is 55.7 Å². The highest BCUT2D eigenvalue weighted by atomic mass is 16.5. The summed E-state index contributed by atoms with van der Waals surface area (Å²) < 4.78 is 5.69. The second-order valence-electron chi connectivity index (χ2n) is 6.61. The topological polar surface area (TPSA) is 75.7 Å². The largest absolute Gasteiger partial charge is 0.493 e. The zero-order chi connectivity index (χ0) is 20.3. The minimum absolute atomic E-state index is 0.120. The fourth-order valence-corrected chi connectivity index (χ4v) is 2.86. The summed E-state index contributed by atoms with van der Waals surface area (Å²) >= 11 is 0. The number of barbiturate groups is 1. The van der Waals surface area contributed by atoms with Crippen molar-refractivity contribution >= 4 is 29.6 Å². The fourth-order valence-electron chi connectivity index (χ4n) is 2.86. The lowest BCUT2D eigenvalue weighted by atomic mass is 10.0. The number of benzene rings is 2. The molecule has 0 radical (unpaired) electrons. The zero-order valence-corrected chi connectivity index (χ0v) is 16.1. The molecule has 1 fully saturated rings. The summed E-state index contributed by atoms with van der Waals surface area (Å²) in [7, 11) is 0. The van der Waals surface area contributed by atoms with Crippen molar-refractivity contribution < 1.29 is 19.1 Å². The summed E-state index contributed by atoms with van der Waals surface area (Å²) in [6.45, 7) is 6.35. The molecular formula is C22H22N2O4. The number of para-hydroxylation sites is 1. The first kappa shape index (κ1) is 19.4. The predicted molar refractivity (Wildman–Crippen MR) is 107 cm³/mol. The van der Waals surface area contributed by atoms with Crippen LogP contribution in [-0.4, -0.2) is 24.5 Å². The van der Waals surface area contributed by atoms with Crippen LogP contribution in [-0.2, 0) is 9.59 Å². The molecule has 2 aromatic carbocycles. The number of ether oxygens (including phenoxy) is 1. The molecule has 1 saturated heterocycles. The molecule has 1 aliphatic heterocycles. The van der Waals surface area contributed by atoms with Crippen molar-refractivity contribution in [2.24, 2.45) is 0 Å². The SMILES string of the molecule is CCCOc1ccccc1/C=C1\C(=O)NC(=O)N(c2ccc(C)c(C)c2)C1=O. The molecule has 6 heteroatoms. The second kappa shape index (κ2) is 8.08. The van der Waals surface area contributed by atoms with Crippen LogP contribution in [0.15, 0.2) is 48.0 Å². The lowest BCUT2D eigenvalue weighted by Gasteiger charge is -2.27. The third-order valence-electron chi connectivity index (χ3n) is 4.53. The quantitative estimate of drug-likeness (QED) is 0.635. The van der Waals surface area contributed by atoms with Gasteiger partial charge in [0.25, 0.3) is 11.8 Å². The summed E-state index contributed by atoms with van der Waals surface area (Å²) in [6.07, 6.45) is 2.29. The lowest BCUT2D eigenvalue weighted by Crippen LogP contribution is -2.54. The Morgan fingerprint density at radius 2 is 1.79 bits per heavy atom. The van der Waals surface area contributed by atoms with Crippen LogP contribution in [0.4, 0.5) is 10.5 Å². The van der Waals surface area contributed by atoms with Crippen LogP contribution in [0.2, 0.25) is 0 Å². The number of aryl methyl sites for hydroxylation is 2. The summed E-state index contributed by atoms with van der Waals surface area (Å²) in [5.41, 5.74) is 2.88. The number of hydrogen-bond acceptors (Lipinski definition) is 4. The summed E-state index contributed by atoms with van der Waals surface area (Å²) in [4.78, 5) is 38.7. The van der Waals surface area contributed by atoms with Crippen molar-refractivity contribution in [2.45, 2.75) is 27.2 Å². The van der Waals surface area contributed by atoms with E-state index in [1.165, 1.54) is 6.08 Å². The van der Waals surface area contributed by atoms with Gasteiger partial charge in [-0.1, -0.05) is 31.2 Å². The number of nitrogens with zero attached hydrogens (tertiary/aromatic N) is 1. The first-order valence-corrected chi connectivity index (χ1v) is 9.13. The number of carbonyl (C=O) groups is 3. The first-order valence-electron chi connectivity index (χ1n) is 9.13. The molecule has 0 saturated carbocycles. The fraction of sp³-hybridized carbons (Fsp3) is 0.227. The number of carbonyl (C=O) groups excluding carboxylic acids is 3. The van der Waals surface area contributed by atoms with E-state index in [2.05, 4.69) is 5.32 Å². The molecule has 144 valence electrons. The smallest absolute Gasteiger partial charge is 0.335 e. The Morgan fingerprint density at radius 3 is 2.50 bits per heavy atom. The Labute approximate surface area is 163 Å². The van der Waals surface area contributed by atoms with E-state index in [9.17, 15) is 14.4 Å². The molecule has 2 aromatic rings. The number of anilines is 1.